The monoisotopic (exact) mass is 155 g/mol. The van der Waals surface area contributed by atoms with Gasteiger partial charge in [-0.15, -0.1) is 0 Å². The Balaban J connectivity index is 3.27. The van der Waals surface area contributed by atoms with Gasteiger partial charge in [-0.05, 0) is 6.42 Å². The molecule has 3 heteroatoms. The molecule has 11 heavy (non-hydrogen) atoms. The Morgan fingerprint density at radius 2 is 2.00 bits per heavy atom. The lowest BCUT2D eigenvalue weighted by atomic mass is 10.2. The van der Waals surface area contributed by atoms with Gasteiger partial charge in [-0.25, -0.2) is 0 Å². The van der Waals surface area contributed by atoms with Crippen molar-refractivity contribution in [1.82, 2.24) is 4.74 Å². The predicted octanol–water partition coefficient (Wildman–Crippen LogP) is 1.10. The molecule has 1 rings (SSSR count). The van der Waals surface area contributed by atoms with E-state index in [-0.39, 0.29) is 5.56 Å². The second kappa shape index (κ2) is 2.95. The third-order valence-corrected chi connectivity index (χ3v) is 1.80. The number of aryl methyl sites for hydroxylation is 2. The van der Waals surface area contributed by atoms with Crippen LogP contribution in [0.15, 0.2) is 9.32 Å². The summed E-state index contributed by atoms with van der Waals surface area (Å²) in [5, 5.41) is 0. The van der Waals surface area contributed by atoms with Gasteiger partial charge in [0.2, 0.25) is 0 Å². The van der Waals surface area contributed by atoms with E-state index in [1.807, 2.05) is 13.8 Å². The van der Waals surface area contributed by atoms with Crippen molar-refractivity contribution in [2.45, 2.75) is 26.7 Å². The molecule has 3 nitrogen and oxygen atoms in total. The lowest BCUT2D eigenvalue weighted by molar-refractivity contribution is 0.277. The first-order chi connectivity index (χ1) is 5.20. The van der Waals surface area contributed by atoms with Crippen LogP contribution in [-0.4, -0.2) is 4.74 Å². The Hall–Kier alpha value is -0.990. The summed E-state index contributed by atoms with van der Waals surface area (Å²) in [5.41, 5.74) is 0.819. The second-order valence-electron chi connectivity index (χ2n) is 2.50. The Morgan fingerprint density at radius 3 is 2.36 bits per heavy atom. The molecule has 0 bridgehead atoms. The predicted molar refractivity (Wildman–Crippen MR) is 42.7 cm³/mol. The molecule has 0 radical (unpaired) electrons. The molecule has 0 amide bonds. The molecular weight excluding hydrogens is 142 g/mol. The van der Waals surface area contributed by atoms with Gasteiger partial charge in [0, 0.05) is 13.5 Å². The van der Waals surface area contributed by atoms with Crippen LogP contribution in [0, 0.1) is 0 Å². The smallest absolute Gasteiger partial charge is 0.285 e. The van der Waals surface area contributed by atoms with Crippen molar-refractivity contribution >= 4 is 0 Å². The minimum Gasteiger partial charge on any atom is -0.381 e. The quantitative estimate of drug-likeness (QED) is 0.641. The molecule has 0 atom stereocenters. The molecule has 62 valence electrons. The van der Waals surface area contributed by atoms with Crippen molar-refractivity contribution in [3.8, 4) is 0 Å². The lowest BCUT2D eigenvalue weighted by Crippen LogP contribution is -2.13. The number of hydrogen-bond acceptors (Lipinski definition) is 2. The van der Waals surface area contributed by atoms with Crippen LogP contribution in [0.4, 0.5) is 0 Å². The molecule has 0 aliphatic carbocycles. The fourth-order valence-corrected chi connectivity index (χ4v) is 1.20. The maximum Gasteiger partial charge on any atom is 0.285 e. The van der Waals surface area contributed by atoms with Gasteiger partial charge in [0.05, 0.1) is 5.56 Å². The van der Waals surface area contributed by atoms with E-state index >= 15 is 0 Å². The van der Waals surface area contributed by atoms with Crippen LogP contribution in [0.25, 0.3) is 0 Å². The molecule has 1 aromatic rings. The summed E-state index contributed by atoms with van der Waals surface area (Å²) in [7, 11) is 1.64. The zero-order valence-corrected chi connectivity index (χ0v) is 7.18. The van der Waals surface area contributed by atoms with Crippen LogP contribution in [0.2, 0.25) is 0 Å². The minimum atomic E-state index is 0.00403. The van der Waals surface area contributed by atoms with Crippen molar-refractivity contribution in [2.75, 3.05) is 0 Å². The summed E-state index contributed by atoms with van der Waals surface area (Å²) in [6.07, 6.45) is 1.55. The Labute approximate surface area is 65.6 Å². The summed E-state index contributed by atoms with van der Waals surface area (Å²) >= 11 is 0. The van der Waals surface area contributed by atoms with Gasteiger partial charge in [-0.3, -0.25) is 4.79 Å². The first-order valence-corrected chi connectivity index (χ1v) is 3.88. The number of aromatic nitrogens is 1. The van der Waals surface area contributed by atoms with Crippen molar-refractivity contribution in [3.05, 3.63) is 21.7 Å². The average Bonchev–Trinajstić information content (AvgIpc) is 2.28. The standard InChI is InChI=1S/C8H13NO2/c1-4-6-7(5-2)11-9(3)8(6)10/h4-5H2,1-3H3. The van der Waals surface area contributed by atoms with E-state index in [9.17, 15) is 4.79 Å². The maximum atomic E-state index is 11.2. The molecule has 0 aliphatic heterocycles. The molecule has 0 aliphatic rings. The highest BCUT2D eigenvalue weighted by atomic mass is 16.5. The Kier molecular flexibility index (Phi) is 2.17. The van der Waals surface area contributed by atoms with Crippen molar-refractivity contribution in [2.24, 2.45) is 7.05 Å². The highest BCUT2D eigenvalue weighted by molar-refractivity contribution is 5.13. The Morgan fingerprint density at radius 1 is 1.36 bits per heavy atom. The lowest BCUT2D eigenvalue weighted by Gasteiger charge is -1.88. The topological polar surface area (TPSA) is 35.1 Å². The third kappa shape index (κ3) is 1.23. The van der Waals surface area contributed by atoms with Crippen LogP contribution >= 0.6 is 0 Å². The molecule has 1 aromatic heterocycles. The van der Waals surface area contributed by atoms with Gasteiger partial charge < -0.3 is 4.52 Å². The molecule has 0 fully saturated rings. The van der Waals surface area contributed by atoms with Gasteiger partial charge in [-0.2, -0.15) is 4.74 Å². The van der Waals surface area contributed by atoms with Gasteiger partial charge in [0.1, 0.15) is 5.76 Å². The van der Waals surface area contributed by atoms with Crippen molar-refractivity contribution in [1.29, 1.82) is 0 Å². The van der Waals surface area contributed by atoms with Gasteiger partial charge in [-0.1, -0.05) is 13.8 Å². The Bertz CT molecular complexity index is 296. The zero-order chi connectivity index (χ0) is 8.43. The number of rotatable bonds is 2. The van der Waals surface area contributed by atoms with Crippen molar-refractivity contribution < 1.29 is 4.52 Å². The van der Waals surface area contributed by atoms with E-state index < -0.39 is 0 Å². The largest absolute Gasteiger partial charge is 0.381 e. The zero-order valence-electron chi connectivity index (χ0n) is 7.18. The van der Waals surface area contributed by atoms with Gasteiger partial charge in [0.15, 0.2) is 0 Å². The molecule has 0 N–H and O–H groups in total. The fraction of sp³-hybridized carbons (Fsp3) is 0.625. The molecule has 0 aromatic carbocycles. The van der Waals surface area contributed by atoms with E-state index in [2.05, 4.69) is 0 Å². The molecule has 0 spiro atoms. The second-order valence-corrected chi connectivity index (χ2v) is 2.50. The van der Waals surface area contributed by atoms with E-state index in [0.29, 0.717) is 0 Å². The normalized spacial score (nSPS) is 10.5. The third-order valence-electron chi connectivity index (χ3n) is 1.80. The fourth-order valence-electron chi connectivity index (χ4n) is 1.20. The summed E-state index contributed by atoms with van der Waals surface area (Å²) in [4.78, 5) is 11.2. The van der Waals surface area contributed by atoms with Crippen LogP contribution < -0.4 is 5.56 Å². The van der Waals surface area contributed by atoms with E-state index in [1.165, 1.54) is 4.74 Å². The van der Waals surface area contributed by atoms with E-state index in [0.717, 1.165) is 24.2 Å². The van der Waals surface area contributed by atoms with Gasteiger partial charge >= 0.3 is 0 Å². The molecule has 1 heterocycles. The van der Waals surface area contributed by atoms with Crippen LogP contribution in [-0.2, 0) is 19.9 Å². The molecule has 0 unspecified atom stereocenters. The summed E-state index contributed by atoms with van der Waals surface area (Å²) in [6.45, 7) is 3.95. The number of nitrogens with zero attached hydrogens (tertiary/aromatic N) is 1. The first-order valence-electron chi connectivity index (χ1n) is 3.88. The van der Waals surface area contributed by atoms with E-state index in [1.54, 1.807) is 7.05 Å². The van der Waals surface area contributed by atoms with Crippen LogP contribution in [0.3, 0.4) is 0 Å². The highest BCUT2D eigenvalue weighted by Gasteiger charge is 2.10. The summed E-state index contributed by atoms with van der Waals surface area (Å²) in [6, 6.07) is 0. The maximum absolute atomic E-state index is 11.2. The highest BCUT2D eigenvalue weighted by Crippen LogP contribution is 2.05. The van der Waals surface area contributed by atoms with E-state index in [4.69, 9.17) is 4.52 Å². The summed E-state index contributed by atoms with van der Waals surface area (Å²) in [5.74, 6) is 0.819. The number of hydrogen-bond donors (Lipinski definition) is 0. The van der Waals surface area contributed by atoms with Crippen molar-refractivity contribution in [3.63, 3.8) is 0 Å². The molecule has 0 saturated heterocycles. The van der Waals surface area contributed by atoms with Crippen LogP contribution in [0.5, 0.6) is 0 Å². The first kappa shape index (κ1) is 8.11. The SMILES string of the molecule is CCc1on(C)c(=O)c1CC. The molecular formula is C8H13NO2. The van der Waals surface area contributed by atoms with Crippen LogP contribution in [0.1, 0.15) is 25.2 Å². The molecule has 0 saturated carbocycles. The minimum absolute atomic E-state index is 0.00403. The van der Waals surface area contributed by atoms with Gasteiger partial charge in [0.25, 0.3) is 5.56 Å². The average molecular weight is 155 g/mol. The summed E-state index contributed by atoms with van der Waals surface area (Å²) < 4.78 is 6.48.